The fourth-order valence-electron chi connectivity index (χ4n) is 7.27. The number of aromatic nitrogens is 2. The van der Waals surface area contributed by atoms with Gasteiger partial charge in [-0.2, -0.15) is 11.8 Å². The summed E-state index contributed by atoms with van der Waals surface area (Å²) < 4.78 is 0. The van der Waals surface area contributed by atoms with Gasteiger partial charge in [0.25, 0.3) is 0 Å². The van der Waals surface area contributed by atoms with Crippen LogP contribution in [0.15, 0.2) is 47.8 Å². The largest absolute Gasteiger partial charge is 0.480 e. The Labute approximate surface area is 404 Å². The highest BCUT2D eigenvalue weighted by molar-refractivity contribution is 7.98. The van der Waals surface area contributed by atoms with Crippen molar-refractivity contribution in [3.8, 4) is 0 Å². The number of carboxylic acids is 1. The van der Waals surface area contributed by atoms with E-state index in [1.54, 1.807) is 18.4 Å². The first-order valence-electron chi connectivity index (χ1n) is 22.6. The van der Waals surface area contributed by atoms with E-state index in [0.717, 1.165) is 5.56 Å². The molecule has 2 aromatic rings. The summed E-state index contributed by atoms with van der Waals surface area (Å²) in [5.41, 5.74) is 23.1. The molecule has 6 unspecified atom stereocenters. The number of unbranched alkanes of at least 4 members (excludes halogenated alkanes) is 1. The number of carbonyl (C=O) groups excluding carboxylic acids is 8. The van der Waals surface area contributed by atoms with Crippen molar-refractivity contribution in [1.82, 2.24) is 52.1 Å². The van der Waals surface area contributed by atoms with E-state index in [9.17, 15) is 48.3 Å². The second-order valence-electron chi connectivity index (χ2n) is 16.1. The second kappa shape index (κ2) is 30.6. The highest BCUT2D eigenvalue weighted by Gasteiger charge is 2.38. The molecule has 1 aliphatic heterocycles. The van der Waals surface area contributed by atoms with Gasteiger partial charge in [0, 0.05) is 37.8 Å². The van der Waals surface area contributed by atoms with Gasteiger partial charge in [-0.05, 0) is 75.5 Å². The van der Waals surface area contributed by atoms with Gasteiger partial charge >= 0.3 is 5.97 Å². The molecule has 1 saturated heterocycles. The monoisotopic (exact) mass is 985 g/mol. The first-order chi connectivity index (χ1) is 33.1. The number of H-pyrrole nitrogens is 1. The van der Waals surface area contributed by atoms with E-state index in [1.807, 2.05) is 18.2 Å². The third-order valence-electron chi connectivity index (χ3n) is 10.8. The number of guanidine groups is 1. The average molecular weight is 986 g/mol. The van der Waals surface area contributed by atoms with Gasteiger partial charge in [0.1, 0.15) is 36.3 Å². The fourth-order valence-corrected chi connectivity index (χ4v) is 7.74. The van der Waals surface area contributed by atoms with Crippen molar-refractivity contribution in [2.24, 2.45) is 27.9 Å². The summed E-state index contributed by atoms with van der Waals surface area (Å²) >= 11 is 1.41. The zero-order valence-corrected chi connectivity index (χ0v) is 39.5. The summed E-state index contributed by atoms with van der Waals surface area (Å²) in [5.74, 6) is -6.47. The number of nitrogens with one attached hydrogen (secondary N) is 8. The first-order valence-corrected chi connectivity index (χ1v) is 24.0. The summed E-state index contributed by atoms with van der Waals surface area (Å²) in [4.78, 5) is 131. The van der Waals surface area contributed by atoms with Crippen molar-refractivity contribution in [1.29, 1.82) is 0 Å². The lowest BCUT2D eigenvalue weighted by Crippen LogP contribution is -2.57. The average Bonchev–Trinajstić information content (AvgIpc) is 4.04. The van der Waals surface area contributed by atoms with Gasteiger partial charge in [0.05, 0.1) is 26.0 Å². The quantitative estimate of drug-likeness (QED) is 0.0194. The van der Waals surface area contributed by atoms with Gasteiger partial charge in [0.2, 0.25) is 47.3 Å². The summed E-state index contributed by atoms with van der Waals surface area (Å²) in [6, 6.07) is 2.16. The van der Waals surface area contributed by atoms with E-state index in [0.29, 0.717) is 43.7 Å². The number of rotatable bonds is 31. The molecule has 17 N–H and O–H groups in total. The van der Waals surface area contributed by atoms with E-state index >= 15 is 0 Å². The van der Waals surface area contributed by atoms with Gasteiger partial charge in [-0.25, -0.2) is 9.78 Å². The third-order valence-corrected chi connectivity index (χ3v) is 11.5. The Balaban J connectivity index is 1.63. The number of hydrogen-bond donors (Lipinski definition) is 13. The fraction of sp³-hybridized carbons (Fsp3) is 0.558. The molecule has 1 aromatic heterocycles. The van der Waals surface area contributed by atoms with Crippen LogP contribution in [0.25, 0.3) is 0 Å². The minimum Gasteiger partial charge on any atom is -0.480 e. The lowest BCUT2D eigenvalue weighted by Gasteiger charge is -2.29. The first kappa shape index (κ1) is 56.5. The lowest BCUT2D eigenvalue weighted by atomic mass is 10.0. The van der Waals surface area contributed by atoms with Gasteiger partial charge in [-0.1, -0.05) is 30.3 Å². The highest BCUT2D eigenvalue weighted by atomic mass is 32.2. The SMILES string of the molecule is CSCCC(NC(=O)CNC(=O)C1CCCN1C(=O)C(Cc1ccccc1)NC(=O)CN)C(=O)NC(CCCCN)C(=O)NCC(=O)NC(Cc1cnc[nH]1)C(=O)NC(CCCN=C(N)N)C(=O)O. The minimum atomic E-state index is -1.34. The summed E-state index contributed by atoms with van der Waals surface area (Å²) in [6.07, 6.45) is 6.83. The Morgan fingerprint density at radius 2 is 1.42 bits per heavy atom. The molecule has 25 nitrogen and oxygen atoms in total. The Morgan fingerprint density at radius 3 is 2.06 bits per heavy atom. The van der Waals surface area contributed by atoms with Crippen molar-refractivity contribution in [3.63, 3.8) is 0 Å². The molecule has 0 radical (unpaired) electrons. The number of aromatic amines is 1. The maximum atomic E-state index is 13.8. The predicted octanol–water partition coefficient (Wildman–Crippen LogP) is -4.18. The minimum absolute atomic E-state index is 0.0203. The number of nitrogens with zero attached hydrogens (tertiary/aromatic N) is 3. The molecule has 1 aliphatic rings. The molecule has 2 heterocycles. The molecule has 69 heavy (non-hydrogen) atoms. The zero-order chi connectivity index (χ0) is 50.7. The Morgan fingerprint density at radius 1 is 0.783 bits per heavy atom. The van der Waals surface area contributed by atoms with Crippen LogP contribution < -0.4 is 60.2 Å². The molecule has 0 saturated carbocycles. The van der Waals surface area contributed by atoms with Gasteiger partial charge in [0.15, 0.2) is 5.96 Å². The van der Waals surface area contributed by atoms with E-state index in [1.165, 1.54) is 29.2 Å². The van der Waals surface area contributed by atoms with Gasteiger partial charge in [-0.15, -0.1) is 0 Å². The molecular formula is C43H67N15O10S. The molecule has 0 aliphatic carbocycles. The Kier molecular flexibility index (Phi) is 25.0. The van der Waals surface area contributed by atoms with Crippen LogP contribution in [0.4, 0.5) is 0 Å². The van der Waals surface area contributed by atoms with Gasteiger partial charge in [-0.3, -0.25) is 43.3 Å². The van der Waals surface area contributed by atoms with Gasteiger partial charge < -0.3 is 75.1 Å². The standard InChI is InChI=1S/C43H67N15O10S/c1-69-18-14-29(53-35(60)24-51-40(65)33-13-8-17-58(33)41(66)32(55-34(59)21-45)19-26-9-3-2-4-10-26)38(63)56-28(11-5-6-15-44)37(62)50-23-36(61)54-31(20-27-22-48-25-52-27)39(64)57-30(42(67)68)12-7-16-49-43(46)47/h2-4,9-10,22,25,28-33H,5-8,11-21,23-24,44-45H2,1H3,(H,48,52)(H,50,62)(H,51,65)(H,53,60)(H,54,61)(H,55,59)(H,56,63)(H,57,64)(H,67,68)(H4,46,47,49). The number of likely N-dealkylation sites (tertiary alicyclic amines) is 1. The maximum Gasteiger partial charge on any atom is 0.326 e. The van der Waals surface area contributed by atoms with Crippen LogP contribution in [0.5, 0.6) is 0 Å². The normalized spacial score (nSPS) is 15.2. The molecule has 380 valence electrons. The summed E-state index contributed by atoms with van der Waals surface area (Å²) in [6.45, 7) is -0.839. The highest BCUT2D eigenvalue weighted by Crippen LogP contribution is 2.20. The number of amides is 8. The van der Waals surface area contributed by atoms with Crippen molar-refractivity contribution >= 4 is 70.9 Å². The number of imidazole rings is 1. The number of carbonyl (C=O) groups is 9. The molecule has 0 spiro atoms. The zero-order valence-electron chi connectivity index (χ0n) is 38.7. The number of aliphatic imine (C=N–C) groups is 1. The van der Waals surface area contributed by atoms with Crippen molar-refractivity contribution in [3.05, 3.63) is 54.1 Å². The van der Waals surface area contributed by atoms with E-state index in [-0.39, 0.29) is 64.1 Å². The van der Waals surface area contributed by atoms with Crippen LogP contribution in [0, 0.1) is 0 Å². The molecule has 1 fully saturated rings. The Bertz CT molecular complexity index is 2040. The van der Waals surface area contributed by atoms with Crippen LogP contribution in [0.1, 0.15) is 62.6 Å². The number of hydrogen-bond acceptors (Lipinski definition) is 14. The predicted molar refractivity (Wildman–Crippen MR) is 255 cm³/mol. The number of aliphatic carboxylic acids is 1. The molecule has 3 rings (SSSR count). The van der Waals surface area contributed by atoms with E-state index in [4.69, 9.17) is 22.9 Å². The van der Waals surface area contributed by atoms with Crippen molar-refractivity contribution in [2.45, 2.75) is 100 Å². The topological polar surface area (TPSA) is 406 Å². The van der Waals surface area contributed by atoms with E-state index < -0.39 is 103 Å². The van der Waals surface area contributed by atoms with Crippen molar-refractivity contribution < 1.29 is 48.3 Å². The molecule has 0 bridgehead atoms. The summed E-state index contributed by atoms with van der Waals surface area (Å²) in [5, 5.41) is 27.6. The molecule has 1 aromatic carbocycles. The van der Waals surface area contributed by atoms with Crippen LogP contribution in [0.3, 0.4) is 0 Å². The number of benzene rings is 1. The second-order valence-corrected chi connectivity index (χ2v) is 17.1. The number of nitrogens with two attached hydrogens (primary N) is 4. The van der Waals surface area contributed by atoms with Crippen LogP contribution in [-0.2, 0) is 56.0 Å². The lowest BCUT2D eigenvalue weighted by molar-refractivity contribution is -0.142. The van der Waals surface area contributed by atoms with Crippen molar-refractivity contribution in [2.75, 3.05) is 51.3 Å². The molecule has 6 atom stereocenters. The van der Waals surface area contributed by atoms with Crippen LogP contribution in [0.2, 0.25) is 0 Å². The maximum absolute atomic E-state index is 13.8. The number of carboxylic acid groups (broad SMARTS) is 1. The number of thioether (sulfide) groups is 1. The smallest absolute Gasteiger partial charge is 0.326 e. The summed E-state index contributed by atoms with van der Waals surface area (Å²) in [7, 11) is 0. The van der Waals surface area contributed by atoms with Crippen LogP contribution >= 0.6 is 11.8 Å². The molecule has 26 heteroatoms. The Hall–Kier alpha value is -6.80. The third kappa shape index (κ3) is 20.5. The molecule has 8 amide bonds. The van der Waals surface area contributed by atoms with E-state index in [2.05, 4.69) is 52.2 Å². The molecular weight excluding hydrogens is 919 g/mol. The van der Waals surface area contributed by atoms with Crippen LogP contribution in [-0.4, -0.2) is 167 Å².